The van der Waals surface area contributed by atoms with Crippen LogP contribution in [0.3, 0.4) is 0 Å². The summed E-state index contributed by atoms with van der Waals surface area (Å²) in [5.74, 6) is 4.38. The molecule has 9 atom stereocenters. The van der Waals surface area contributed by atoms with Crippen molar-refractivity contribution in [2.24, 2.45) is 51.5 Å². The highest BCUT2D eigenvalue weighted by Gasteiger charge is 2.56. The Bertz CT molecular complexity index is 814. The summed E-state index contributed by atoms with van der Waals surface area (Å²) in [6.07, 6.45) is 18.4. The van der Waals surface area contributed by atoms with E-state index in [2.05, 4.69) is 71.0 Å². The first kappa shape index (κ1) is 26.8. The van der Waals surface area contributed by atoms with Crippen LogP contribution in [0.15, 0.2) is 35.5 Å². The van der Waals surface area contributed by atoms with Crippen LogP contribution in [0.25, 0.3) is 0 Å². The standard InChI is InChI=1S/C28H44O.H3NO2S/c1-18(2)19(3)7-8-20(4)24-11-12-25-23-10-9-21-17-22(29)13-15-27(21,5)26(23)14-16-28(24,25)6;1-4(2)3/h7-10,18-20,22,24-26,29H,11-17H2,1-6H3;1H2,(H,2,3)/p-1/b8-7+;/t19-,20+,22-,24+,25-,26-,27-,28+;/m0./s1. The third kappa shape index (κ3) is 5.42. The molecule has 4 aliphatic rings. The topological polar surface area (TPSA) is 86.4 Å². The Hall–Kier alpha value is -0.750. The molecule has 4 nitrogen and oxygen atoms in total. The van der Waals surface area contributed by atoms with Crippen LogP contribution in [-0.4, -0.2) is 20.0 Å². The molecular formula is C28H46NO3S-. The largest absolute Gasteiger partial charge is 0.760 e. The minimum absolute atomic E-state index is 0.116. The van der Waals surface area contributed by atoms with Gasteiger partial charge < -0.3 is 9.66 Å². The lowest BCUT2D eigenvalue weighted by molar-refractivity contribution is 0.0382. The van der Waals surface area contributed by atoms with Crippen LogP contribution in [0.4, 0.5) is 0 Å². The van der Waals surface area contributed by atoms with Gasteiger partial charge in [0.15, 0.2) is 0 Å². The molecule has 3 N–H and O–H groups in total. The maximum atomic E-state index is 10.2. The number of aliphatic hydroxyl groups excluding tert-OH is 1. The van der Waals surface area contributed by atoms with E-state index in [9.17, 15) is 5.11 Å². The molecule has 33 heavy (non-hydrogen) atoms. The van der Waals surface area contributed by atoms with E-state index in [-0.39, 0.29) is 6.10 Å². The second kappa shape index (κ2) is 10.5. The Labute approximate surface area is 204 Å². The lowest BCUT2D eigenvalue weighted by Crippen LogP contribution is -2.46. The Kier molecular flexibility index (Phi) is 8.52. The van der Waals surface area contributed by atoms with E-state index in [0.717, 1.165) is 36.5 Å². The number of allylic oxidation sites excluding steroid dienone is 5. The molecule has 0 aromatic heterocycles. The van der Waals surface area contributed by atoms with Crippen LogP contribution in [-0.2, 0) is 11.3 Å². The maximum absolute atomic E-state index is 10.2. The molecule has 0 aromatic rings. The van der Waals surface area contributed by atoms with E-state index >= 15 is 0 Å². The number of hydrogen-bond donors (Lipinski definition) is 2. The van der Waals surface area contributed by atoms with Crippen molar-refractivity contribution in [3.8, 4) is 0 Å². The first-order chi connectivity index (χ1) is 15.4. The average molecular weight is 477 g/mol. The van der Waals surface area contributed by atoms with Gasteiger partial charge in [0.25, 0.3) is 0 Å². The number of aliphatic hydroxyl groups is 1. The Morgan fingerprint density at radius 1 is 1.06 bits per heavy atom. The monoisotopic (exact) mass is 476 g/mol. The molecule has 0 aromatic carbocycles. The molecule has 0 heterocycles. The highest BCUT2D eigenvalue weighted by molar-refractivity contribution is 7.76. The van der Waals surface area contributed by atoms with Crippen molar-refractivity contribution in [2.75, 3.05) is 0 Å². The molecule has 3 saturated carbocycles. The highest BCUT2D eigenvalue weighted by Crippen LogP contribution is 2.65. The summed E-state index contributed by atoms with van der Waals surface area (Å²) in [5, 5.41) is 14.2. The Morgan fingerprint density at radius 2 is 1.73 bits per heavy atom. The lowest BCUT2D eigenvalue weighted by atomic mass is 9.50. The lowest BCUT2D eigenvalue weighted by Gasteiger charge is -2.55. The molecule has 0 bridgehead atoms. The SMILES string of the molecule is CC(C)[C@@H](C)/C=C/[C@@H](C)[C@H]1CC[C@H]2C3=CC=C4C[C@@H](O)CC[C@]4(C)[C@H]3CC[C@]12C.NS(=O)[O-]. The summed E-state index contributed by atoms with van der Waals surface area (Å²) in [6.45, 7) is 14.6. The van der Waals surface area contributed by atoms with Crippen LogP contribution in [0, 0.1) is 46.3 Å². The zero-order valence-electron chi connectivity index (χ0n) is 21.5. The number of nitrogens with two attached hydrogens (primary N) is 1. The summed E-state index contributed by atoms with van der Waals surface area (Å²) in [7, 11) is 0. The normalized spacial score (nSPS) is 40.5. The third-order valence-electron chi connectivity index (χ3n) is 10.0. The van der Waals surface area contributed by atoms with Crippen molar-refractivity contribution in [1.82, 2.24) is 0 Å². The summed E-state index contributed by atoms with van der Waals surface area (Å²) < 4.78 is 17.6. The minimum Gasteiger partial charge on any atom is -0.760 e. The van der Waals surface area contributed by atoms with Crippen molar-refractivity contribution in [3.63, 3.8) is 0 Å². The molecule has 0 amide bonds. The van der Waals surface area contributed by atoms with Crippen LogP contribution in [0.5, 0.6) is 0 Å². The fourth-order valence-electron chi connectivity index (χ4n) is 7.59. The van der Waals surface area contributed by atoms with Crippen LogP contribution in [0.1, 0.15) is 86.5 Å². The smallest absolute Gasteiger partial charge is 0.0578 e. The Balaban J connectivity index is 0.000000709. The van der Waals surface area contributed by atoms with E-state index in [4.69, 9.17) is 8.76 Å². The molecular weight excluding hydrogens is 430 g/mol. The van der Waals surface area contributed by atoms with E-state index in [1.165, 1.54) is 37.7 Å². The number of hydrogen-bond acceptors (Lipinski definition) is 3. The van der Waals surface area contributed by atoms with Gasteiger partial charge in [-0.15, -0.1) is 0 Å². The molecule has 188 valence electrons. The van der Waals surface area contributed by atoms with Crippen molar-refractivity contribution in [1.29, 1.82) is 0 Å². The van der Waals surface area contributed by atoms with Gasteiger partial charge in [0, 0.05) is 11.3 Å². The molecule has 0 saturated heterocycles. The van der Waals surface area contributed by atoms with Gasteiger partial charge >= 0.3 is 0 Å². The van der Waals surface area contributed by atoms with Crippen LogP contribution >= 0.6 is 0 Å². The van der Waals surface area contributed by atoms with E-state index in [1.54, 1.807) is 5.57 Å². The molecule has 4 aliphatic carbocycles. The second-order valence-electron chi connectivity index (χ2n) is 12.1. The van der Waals surface area contributed by atoms with Crippen molar-refractivity contribution >= 4 is 11.3 Å². The third-order valence-corrected chi connectivity index (χ3v) is 10.0. The molecule has 0 aliphatic heterocycles. The van der Waals surface area contributed by atoms with Crippen LogP contribution < -0.4 is 5.14 Å². The summed E-state index contributed by atoms with van der Waals surface area (Å²) in [5.41, 5.74) is 4.07. The van der Waals surface area contributed by atoms with E-state index in [0.29, 0.717) is 22.7 Å². The van der Waals surface area contributed by atoms with Gasteiger partial charge in [-0.1, -0.05) is 77.0 Å². The average Bonchev–Trinajstić information content (AvgIpc) is 3.09. The summed E-state index contributed by atoms with van der Waals surface area (Å²) in [6, 6.07) is 0. The van der Waals surface area contributed by atoms with E-state index in [1.807, 2.05) is 0 Å². The minimum atomic E-state index is -2.36. The fraction of sp³-hybridized carbons (Fsp3) is 0.786. The molecule has 4 rings (SSSR count). The zero-order chi connectivity index (χ0) is 24.6. The van der Waals surface area contributed by atoms with Gasteiger partial charge in [-0.25, -0.2) is 0 Å². The van der Waals surface area contributed by atoms with Crippen molar-refractivity contribution in [3.05, 3.63) is 35.5 Å². The van der Waals surface area contributed by atoms with Gasteiger partial charge in [-0.05, 0) is 91.3 Å². The van der Waals surface area contributed by atoms with Gasteiger partial charge in [-0.3, -0.25) is 9.35 Å². The zero-order valence-corrected chi connectivity index (χ0v) is 22.4. The molecule has 0 spiro atoms. The number of fused-ring (bicyclic) bond motifs is 5. The van der Waals surface area contributed by atoms with Gasteiger partial charge in [-0.2, -0.15) is 0 Å². The maximum Gasteiger partial charge on any atom is 0.0578 e. The van der Waals surface area contributed by atoms with Crippen molar-refractivity contribution < 1.29 is 13.9 Å². The predicted molar refractivity (Wildman–Crippen MR) is 137 cm³/mol. The summed E-state index contributed by atoms with van der Waals surface area (Å²) in [4.78, 5) is 0. The molecule has 3 fully saturated rings. The molecule has 1 unspecified atom stereocenters. The molecule has 0 radical (unpaired) electrons. The quantitative estimate of drug-likeness (QED) is 0.381. The first-order valence-corrected chi connectivity index (χ1v) is 14.1. The fourth-order valence-corrected chi connectivity index (χ4v) is 7.59. The molecule has 5 heteroatoms. The highest BCUT2D eigenvalue weighted by atomic mass is 32.2. The van der Waals surface area contributed by atoms with Crippen molar-refractivity contribution in [2.45, 2.75) is 92.6 Å². The first-order valence-electron chi connectivity index (χ1n) is 13.0. The van der Waals surface area contributed by atoms with Crippen LogP contribution in [0.2, 0.25) is 0 Å². The van der Waals surface area contributed by atoms with E-state index < -0.39 is 11.3 Å². The van der Waals surface area contributed by atoms with Gasteiger partial charge in [0.05, 0.1) is 6.10 Å². The van der Waals surface area contributed by atoms with Gasteiger partial charge in [0.1, 0.15) is 0 Å². The second-order valence-corrected chi connectivity index (χ2v) is 12.6. The van der Waals surface area contributed by atoms with Gasteiger partial charge in [0.2, 0.25) is 0 Å². The Morgan fingerprint density at radius 3 is 2.36 bits per heavy atom. The number of rotatable bonds is 4. The predicted octanol–water partition coefficient (Wildman–Crippen LogP) is 6.07. The summed E-state index contributed by atoms with van der Waals surface area (Å²) >= 11 is -2.36.